The predicted octanol–water partition coefficient (Wildman–Crippen LogP) is -0.0676. The number of oxime groups is 1. The molecule has 0 radical (unpaired) electrons. The van der Waals surface area contributed by atoms with Gasteiger partial charge in [-0.1, -0.05) is 5.16 Å². The summed E-state index contributed by atoms with van der Waals surface area (Å²) in [5, 5.41) is 16.9. The van der Waals surface area contributed by atoms with Crippen molar-refractivity contribution in [3.05, 3.63) is 0 Å². The number of carbonyl (C=O) groups is 2. The Kier molecular flexibility index (Phi) is 4.07. The second-order valence-electron chi connectivity index (χ2n) is 6.00. The second-order valence-corrected chi connectivity index (χ2v) is 6.00. The van der Waals surface area contributed by atoms with Crippen molar-refractivity contribution < 1.29 is 14.8 Å². The highest BCUT2D eigenvalue weighted by Gasteiger charge is 2.54. The first kappa shape index (κ1) is 15.3. The Labute approximate surface area is 112 Å². The van der Waals surface area contributed by atoms with E-state index in [1.165, 1.54) is 0 Å². The van der Waals surface area contributed by atoms with E-state index in [1.807, 2.05) is 20.8 Å². The lowest BCUT2D eigenvalue weighted by Crippen LogP contribution is -2.53. The highest BCUT2D eigenvalue weighted by Crippen LogP contribution is 2.46. The molecule has 0 saturated heterocycles. The fourth-order valence-electron chi connectivity index (χ4n) is 1.70. The molecule has 1 fully saturated rings. The van der Waals surface area contributed by atoms with Crippen LogP contribution in [0.15, 0.2) is 5.16 Å². The lowest BCUT2D eigenvalue weighted by atomic mass is 10.0. The molecule has 7 heteroatoms. The molecule has 0 bridgehead atoms. The number of amides is 2. The molecule has 108 valence electrons. The first-order valence-electron chi connectivity index (χ1n) is 6.23. The molecule has 1 aliphatic carbocycles. The quantitative estimate of drug-likeness (QED) is 0.247. The molecule has 1 unspecified atom stereocenters. The summed E-state index contributed by atoms with van der Waals surface area (Å²) in [5.41, 5.74) is 4.20. The van der Waals surface area contributed by atoms with Crippen molar-refractivity contribution >= 4 is 17.6 Å². The summed E-state index contributed by atoms with van der Waals surface area (Å²) in [6.07, 6.45) is 1.06. The summed E-state index contributed by atoms with van der Waals surface area (Å²) >= 11 is 0. The number of hydrogen-bond acceptors (Lipinski definition) is 4. The molecule has 19 heavy (non-hydrogen) atoms. The van der Waals surface area contributed by atoms with Gasteiger partial charge in [-0.25, -0.2) is 0 Å². The number of hydrogen-bond donors (Lipinski definition) is 4. The minimum Gasteiger partial charge on any atom is -0.409 e. The Morgan fingerprint density at radius 1 is 1.37 bits per heavy atom. The standard InChI is InChI=1S/C12H22N4O3/c1-7(8(17)15-11(2,3)4)14-10(18)12(5-6-12)9(13)16-19/h7,19H,5-6H2,1-4H3,(H2,13,16)(H,14,18)(H,15,17). The van der Waals surface area contributed by atoms with Gasteiger partial charge in [0, 0.05) is 5.54 Å². The number of amidine groups is 1. The van der Waals surface area contributed by atoms with E-state index in [4.69, 9.17) is 10.9 Å². The van der Waals surface area contributed by atoms with Crippen molar-refractivity contribution in [2.75, 3.05) is 0 Å². The molecule has 1 atom stereocenters. The lowest BCUT2D eigenvalue weighted by molar-refractivity contribution is -0.131. The molecule has 1 saturated carbocycles. The van der Waals surface area contributed by atoms with Crippen LogP contribution in [-0.2, 0) is 9.59 Å². The fraction of sp³-hybridized carbons (Fsp3) is 0.750. The van der Waals surface area contributed by atoms with Crippen LogP contribution < -0.4 is 16.4 Å². The number of nitrogens with zero attached hydrogens (tertiary/aromatic N) is 1. The van der Waals surface area contributed by atoms with E-state index >= 15 is 0 Å². The van der Waals surface area contributed by atoms with Crippen molar-refractivity contribution in [3.63, 3.8) is 0 Å². The van der Waals surface area contributed by atoms with E-state index in [2.05, 4.69) is 15.8 Å². The maximum Gasteiger partial charge on any atom is 0.242 e. The maximum absolute atomic E-state index is 12.0. The average molecular weight is 270 g/mol. The van der Waals surface area contributed by atoms with E-state index in [9.17, 15) is 9.59 Å². The Bertz CT molecular complexity index is 408. The molecule has 0 aliphatic heterocycles. The van der Waals surface area contributed by atoms with Crippen molar-refractivity contribution in [2.45, 2.75) is 52.1 Å². The predicted molar refractivity (Wildman–Crippen MR) is 70.6 cm³/mol. The van der Waals surface area contributed by atoms with E-state index in [0.29, 0.717) is 12.8 Å². The molecule has 1 rings (SSSR count). The Hall–Kier alpha value is -1.79. The minimum atomic E-state index is -0.939. The van der Waals surface area contributed by atoms with Crippen LogP contribution in [0.4, 0.5) is 0 Å². The van der Waals surface area contributed by atoms with E-state index in [1.54, 1.807) is 6.92 Å². The van der Waals surface area contributed by atoms with Crippen LogP contribution in [0.25, 0.3) is 0 Å². The molecule has 0 aromatic carbocycles. The molecule has 0 spiro atoms. The molecule has 0 heterocycles. The van der Waals surface area contributed by atoms with Gasteiger partial charge in [-0.15, -0.1) is 0 Å². The zero-order chi connectivity index (χ0) is 14.8. The maximum atomic E-state index is 12.0. The zero-order valence-corrected chi connectivity index (χ0v) is 11.8. The summed E-state index contributed by atoms with van der Waals surface area (Å²) in [7, 11) is 0. The Balaban J connectivity index is 2.61. The highest BCUT2D eigenvalue weighted by molar-refractivity contribution is 6.10. The number of nitrogens with two attached hydrogens (primary N) is 1. The van der Waals surface area contributed by atoms with Crippen LogP contribution in [0.5, 0.6) is 0 Å². The molecule has 0 aromatic rings. The van der Waals surface area contributed by atoms with Gasteiger partial charge in [0.15, 0.2) is 5.84 Å². The second kappa shape index (κ2) is 5.07. The van der Waals surface area contributed by atoms with Gasteiger partial charge in [0.05, 0.1) is 0 Å². The van der Waals surface area contributed by atoms with Crippen LogP contribution in [0, 0.1) is 5.41 Å². The lowest BCUT2D eigenvalue weighted by Gasteiger charge is -2.24. The van der Waals surface area contributed by atoms with E-state index in [0.717, 1.165) is 0 Å². The normalized spacial score (nSPS) is 19.5. The first-order valence-corrected chi connectivity index (χ1v) is 6.23. The summed E-state index contributed by atoms with van der Waals surface area (Å²) < 4.78 is 0. The van der Waals surface area contributed by atoms with Gasteiger partial charge in [-0.05, 0) is 40.5 Å². The van der Waals surface area contributed by atoms with Gasteiger partial charge in [-0.2, -0.15) is 0 Å². The SMILES string of the molecule is CC(NC(=O)C1(C(N)=NO)CC1)C(=O)NC(C)(C)C. The van der Waals surface area contributed by atoms with Crippen LogP contribution in [0.3, 0.4) is 0 Å². The summed E-state index contributed by atoms with van der Waals surface area (Å²) in [6, 6.07) is -0.671. The van der Waals surface area contributed by atoms with E-state index in [-0.39, 0.29) is 23.2 Å². The number of carbonyl (C=O) groups excluding carboxylic acids is 2. The molecule has 0 aromatic heterocycles. The Morgan fingerprint density at radius 3 is 2.26 bits per heavy atom. The molecule has 5 N–H and O–H groups in total. The minimum absolute atomic E-state index is 0.103. The zero-order valence-electron chi connectivity index (χ0n) is 11.8. The summed E-state index contributed by atoms with van der Waals surface area (Å²) in [5.74, 6) is -0.746. The van der Waals surface area contributed by atoms with Crippen LogP contribution in [0.2, 0.25) is 0 Å². The van der Waals surface area contributed by atoms with Gasteiger partial charge in [-0.3, -0.25) is 9.59 Å². The van der Waals surface area contributed by atoms with Gasteiger partial charge < -0.3 is 21.6 Å². The van der Waals surface area contributed by atoms with Crippen LogP contribution >= 0.6 is 0 Å². The highest BCUT2D eigenvalue weighted by atomic mass is 16.4. The summed E-state index contributed by atoms with van der Waals surface area (Å²) in [6.45, 7) is 7.18. The van der Waals surface area contributed by atoms with Crippen molar-refractivity contribution in [2.24, 2.45) is 16.3 Å². The Morgan fingerprint density at radius 2 is 1.89 bits per heavy atom. The molecule has 2 amide bonds. The van der Waals surface area contributed by atoms with Gasteiger partial charge in [0.1, 0.15) is 11.5 Å². The number of nitrogens with one attached hydrogen (secondary N) is 2. The third kappa shape index (κ3) is 3.59. The fourth-order valence-corrected chi connectivity index (χ4v) is 1.70. The molecular formula is C12H22N4O3. The molecule has 7 nitrogen and oxygen atoms in total. The van der Waals surface area contributed by atoms with Gasteiger partial charge in [0.25, 0.3) is 0 Å². The van der Waals surface area contributed by atoms with Crippen LogP contribution in [0.1, 0.15) is 40.5 Å². The smallest absolute Gasteiger partial charge is 0.242 e. The van der Waals surface area contributed by atoms with Crippen LogP contribution in [-0.4, -0.2) is 34.4 Å². The topological polar surface area (TPSA) is 117 Å². The monoisotopic (exact) mass is 270 g/mol. The van der Waals surface area contributed by atoms with Gasteiger partial charge in [0.2, 0.25) is 11.8 Å². The third-order valence-corrected chi connectivity index (χ3v) is 3.02. The van der Waals surface area contributed by atoms with Gasteiger partial charge >= 0.3 is 0 Å². The van der Waals surface area contributed by atoms with Crippen molar-refractivity contribution in [1.82, 2.24) is 10.6 Å². The van der Waals surface area contributed by atoms with Crippen molar-refractivity contribution in [1.29, 1.82) is 0 Å². The summed E-state index contributed by atoms with van der Waals surface area (Å²) in [4.78, 5) is 23.9. The first-order chi connectivity index (χ1) is 8.62. The third-order valence-electron chi connectivity index (χ3n) is 3.02. The largest absolute Gasteiger partial charge is 0.409 e. The van der Waals surface area contributed by atoms with Crippen molar-refractivity contribution in [3.8, 4) is 0 Å². The molecular weight excluding hydrogens is 248 g/mol. The molecule has 1 aliphatic rings. The van der Waals surface area contributed by atoms with E-state index < -0.39 is 11.5 Å². The average Bonchev–Trinajstić information content (AvgIpc) is 3.06. The number of rotatable bonds is 4.